The maximum absolute atomic E-state index is 10.6. The third kappa shape index (κ3) is 2.35. The molecule has 0 bridgehead atoms. The molecule has 2 heteroatoms. The summed E-state index contributed by atoms with van der Waals surface area (Å²) in [6.07, 6.45) is 0. The van der Waals surface area contributed by atoms with Crippen LogP contribution in [0.5, 0.6) is 11.5 Å². The molecule has 2 aromatic rings. The van der Waals surface area contributed by atoms with Gasteiger partial charge in [-0.05, 0) is 22.5 Å². The van der Waals surface area contributed by atoms with E-state index >= 15 is 0 Å². The summed E-state index contributed by atoms with van der Waals surface area (Å²) >= 11 is 0. The second-order valence-corrected chi connectivity index (χ2v) is 7.52. The Kier molecular flexibility index (Phi) is 3.24. The zero-order valence-electron chi connectivity index (χ0n) is 13.2. The average molecular weight is 272 g/mol. The predicted octanol–water partition coefficient (Wildman–Crippen LogP) is 4.85. The Balaban J connectivity index is 2.92. The van der Waals surface area contributed by atoms with Gasteiger partial charge < -0.3 is 10.2 Å². The Morgan fingerprint density at radius 3 is 1.85 bits per heavy atom. The second-order valence-electron chi connectivity index (χ2n) is 7.52. The van der Waals surface area contributed by atoms with Crippen molar-refractivity contribution in [1.29, 1.82) is 0 Å². The van der Waals surface area contributed by atoms with Crippen LogP contribution in [0.15, 0.2) is 24.3 Å². The Hall–Kier alpha value is -1.70. The van der Waals surface area contributed by atoms with Gasteiger partial charge in [-0.3, -0.25) is 0 Å². The molecule has 0 aromatic heterocycles. The lowest BCUT2D eigenvalue weighted by Crippen LogP contribution is -2.14. The van der Waals surface area contributed by atoms with Crippen molar-refractivity contribution in [2.45, 2.75) is 52.4 Å². The van der Waals surface area contributed by atoms with E-state index in [9.17, 15) is 10.2 Å². The molecule has 2 nitrogen and oxygen atoms in total. The fraction of sp³-hybridized carbons (Fsp3) is 0.444. The van der Waals surface area contributed by atoms with Crippen molar-refractivity contribution in [3.63, 3.8) is 0 Å². The van der Waals surface area contributed by atoms with Crippen molar-refractivity contribution >= 4 is 10.8 Å². The SMILES string of the molecule is CC(C)(C)c1cc(O)c2c(C(C)(C)C)cccc2c1O. The number of aromatic hydroxyl groups is 2. The highest BCUT2D eigenvalue weighted by atomic mass is 16.3. The fourth-order valence-electron chi connectivity index (χ4n) is 2.64. The van der Waals surface area contributed by atoms with E-state index in [4.69, 9.17) is 0 Å². The van der Waals surface area contributed by atoms with Gasteiger partial charge in [0.15, 0.2) is 0 Å². The minimum Gasteiger partial charge on any atom is -0.507 e. The molecule has 0 atom stereocenters. The van der Waals surface area contributed by atoms with Gasteiger partial charge in [-0.25, -0.2) is 0 Å². The third-order valence-electron chi connectivity index (χ3n) is 3.73. The molecule has 2 aromatic carbocycles. The van der Waals surface area contributed by atoms with Crippen molar-refractivity contribution in [2.75, 3.05) is 0 Å². The van der Waals surface area contributed by atoms with Gasteiger partial charge in [0.2, 0.25) is 0 Å². The van der Waals surface area contributed by atoms with Gasteiger partial charge in [-0.2, -0.15) is 0 Å². The van der Waals surface area contributed by atoms with Crippen LogP contribution in [-0.2, 0) is 10.8 Å². The van der Waals surface area contributed by atoms with E-state index in [-0.39, 0.29) is 22.3 Å². The van der Waals surface area contributed by atoms with Crippen LogP contribution in [0.3, 0.4) is 0 Å². The molecule has 0 fully saturated rings. The largest absolute Gasteiger partial charge is 0.507 e. The van der Waals surface area contributed by atoms with E-state index in [1.54, 1.807) is 6.07 Å². The first-order chi connectivity index (χ1) is 9.03. The molecule has 108 valence electrons. The molecule has 2 N–H and O–H groups in total. The van der Waals surface area contributed by atoms with Crippen molar-refractivity contribution in [3.8, 4) is 11.5 Å². The molecule has 2 rings (SSSR count). The number of phenols is 2. The van der Waals surface area contributed by atoms with E-state index in [0.717, 1.165) is 21.9 Å². The van der Waals surface area contributed by atoms with Crippen LogP contribution >= 0.6 is 0 Å². The lowest BCUT2D eigenvalue weighted by molar-refractivity contribution is 0.443. The van der Waals surface area contributed by atoms with Gasteiger partial charge in [-0.15, -0.1) is 0 Å². The Morgan fingerprint density at radius 1 is 0.800 bits per heavy atom. The van der Waals surface area contributed by atoms with E-state index in [2.05, 4.69) is 20.8 Å². The zero-order valence-corrected chi connectivity index (χ0v) is 13.2. The predicted molar refractivity (Wildman–Crippen MR) is 84.7 cm³/mol. The molecule has 0 aliphatic rings. The first-order valence-corrected chi connectivity index (χ1v) is 7.02. The molecule has 0 heterocycles. The van der Waals surface area contributed by atoms with Gasteiger partial charge in [0.05, 0.1) is 0 Å². The summed E-state index contributed by atoms with van der Waals surface area (Å²) < 4.78 is 0. The highest BCUT2D eigenvalue weighted by Crippen LogP contribution is 2.44. The van der Waals surface area contributed by atoms with Crippen LogP contribution in [0.4, 0.5) is 0 Å². The molecule has 20 heavy (non-hydrogen) atoms. The third-order valence-corrected chi connectivity index (χ3v) is 3.73. The van der Waals surface area contributed by atoms with Crippen molar-refractivity contribution in [2.24, 2.45) is 0 Å². The van der Waals surface area contributed by atoms with Crippen molar-refractivity contribution in [3.05, 3.63) is 35.4 Å². The van der Waals surface area contributed by atoms with Crippen LogP contribution in [0, 0.1) is 0 Å². The maximum Gasteiger partial charge on any atom is 0.127 e. The number of benzene rings is 2. The molecule has 0 saturated carbocycles. The molecule has 0 saturated heterocycles. The molecule has 0 amide bonds. The first kappa shape index (κ1) is 14.7. The van der Waals surface area contributed by atoms with Gasteiger partial charge >= 0.3 is 0 Å². The molecule has 0 aliphatic carbocycles. The lowest BCUT2D eigenvalue weighted by Gasteiger charge is -2.25. The molecule has 0 radical (unpaired) electrons. The van der Waals surface area contributed by atoms with Crippen LogP contribution in [0.1, 0.15) is 52.7 Å². The summed E-state index contributed by atoms with van der Waals surface area (Å²) in [6, 6.07) is 7.52. The molecule has 0 spiro atoms. The highest BCUT2D eigenvalue weighted by molar-refractivity contribution is 5.97. The summed E-state index contributed by atoms with van der Waals surface area (Å²) in [5.74, 6) is 0.518. The molecular formula is C18H24O2. The van der Waals surface area contributed by atoms with Gasteiger partial charge in [0, 0.05) is 16.3 Å². The number of rotatable bonds is 0. The van der Waals surface area contributed by atoms with Gasteiger partial charge in [0.25, 0.3) is 0 Å². The second kappa shape index (κ2) is 4.41. The Bertz CT molecular complexity index is 656. The average Bonchev–Trinajstić information content (AvgIpc) is 2.30. The summed E-state index contributed by atoms with van der Waals surface area (Å²) in [5.41, 5.74) is 1.51. The maximum atomic E-state index is 10.6. The van der Waals surface area contributed by atoms with Crippen molar-refractivity contribution in [1.82, 2.24) is 0 Å². The summed E-state index contributed by atoms with van der Waals surface area (Å²) in [6.45, 7) is 12.4. The zero-order chi connectivity index (χ0) is 15.3. The fourth-order valence-corrected chi connectivity index (χ4v) is 2.64. The van der Waals surface area contributed by atoms with Gasteiger partial charge in [0.1, 0.15) is 11.5 Å². The van der Waals surface area contributed by atoms with Crippen LogP contribution in [0.25, 0.3) is 10.8 Å². The number of hydrogen-bond donors (Lipinski definition) is 2. The molecule has 0 aliphatic heterocycles. The normalized spacial score (nSPS) is 12.9. The van der Waals surface area contributed by atoms with E-state index < -0.39 is 0 Å². The number of fused-ring (bicyclic) bond motifs is 1. The summed E-state index contributed by atoms with van der Waals surface area (Å²) in [5, 5.41) is 22.5. The number of hydrogen-bond acceptors (Lipinski definition) is 2. The van der Waals surface area contributed by atoms with E-state index in [0.29, 0.717) is 0 Å². The lowest BCUT2D eigenvalue weighted by atomic mass is 9.80. The smallest absolute Gasteiger partial charge is 0.127 e. The van der Waals surface area contributed by atoms with E-state index in [1.165, 1.54) is 0 Å². The Labute approximate surface area is 121 Å². The first-order valence-electron chi connectivity index (χ1n) is 7.02. The number of phenolic OH excluding ortho intramolecular Hbond substituents is 2. The van der Waals surface area contributed by atoms with Crippen LogP contribution < -0.4 is 0 Å². The minimum absolute atomic E-state index is 0.0906. The van der Waals surface area contributed by atoms with Crippen molar-refractivity contribution < 1.29 is 10.2 Å². The topological polar surface area (TPSA) is 40.5 Å². The summed E-state index contributed by atoms with van der Waals surface area (Å²) in [7, 11) is 0. The van der Waals surface area contributed by atoms with Crippen LogP contribution in [0.2, 0.25) is 0 Å². The van der Waals surface area contributed by atoms with Crippen LogP contribution in [-0.4, -0.2) is 10.2 Å². The quantitative estimate of drug-likeness (QED) is 0.673. The minimum atomic E-state index is -0.215. The molecule has 0 unspecified atom stereocenters. The summed E-state index contributed by atoms with van der Waals surface area (Å²) in [4.78, 5) is 0. The highest BCUT2D eigenvalue weighted by Gasteiger charge is 2.25. The van der Waals surface area contributed by atoms with E-state index in [1.807, 2.05) is 39.0 Å². The van der Waals surface area contributed by atoms with Gasteiger partial charge in [-0.1, -0.05) is 59.7 Å². The Morgan fingerprint density at radius 2 is 1.35 bits per heavy atom. The monoisotopic (exact) mass is 272 g/mol. The molecular weight excluding hydrogens is 248 g/mol. The standard InChI is InChI=1S/C18H24O2/c1-17(2,3)12-9-7-8-11-15(12)14(19)10-13(16(11)20)18(4,5)6/h7-10,19-20H,1-6H3.